The molecule has 3 heteroatoms. The van der Waals surface area contributed by atoms with Gasteiger partial charge in [0.2, 0.25) is 0 Å². The Labute approximate surface area is 67.0 Å². The smallest absolute Gasteiger partial charge is 0.131 e. The zero-order chi connectivity index (χ0) is 8.43. The molecule has 1 saturated heterocycles. The Morgan fingerprint density at radius 1 is 1.73 bits per heavy atom. The molecule has 11 heavy (non-hydrogen) atoms. The fraction of sp³-hybridized carbons (Fsp3) is 0.875. The van der Waals surface area contributed by atoms with Gasteiger partial charge in [0.25, 0.3) is 0 Å². The van der Waals surface area contributed by atoms with Crippen LogP contribution < -0.4 is 0 Å². The lowest BCUT2D eigenvalue weighted by Gasteiger charge is -2.40. The summed E-state index contributed by atoms with van der Waals surface area (Å²) in [4.78, 5) is 12.8. The lowest BCUT2D eigenvalue weighted by Crippen LogP contribution is -2.54. The van der Waals surface area contributed by atoms with Crippen LogP contribution in [0.25, 0.3) is 0 Å². The Morgan fingerprint density at radius 2 is 2.27 bits per heavy atom. The van der Waals surface area contributed by atoms with E-state index in [1.807, 2.05) is 6.92 Å². The number of hydrogen-bond donors (Lipinski definition) is 1. The minimum Gasteiger partial charge on any atom is -0.390 e. The average molecular weight is 157 g/mol. The van der Waals surface area contributed by atoms with Crippen LogP contribution in [-0.4, -0.2) is 41.0 Å². The van der Waals surface area contributed by atoms with Crippen LogP contribution in [0.4, 0.5) is 0 Å². The van der Waals surface area contributed by atoms with E-state index in [4.69, 9.17) is 5.11 Å². The van der Waals surface area contributed by atoms with E-state index in [0.717, 1.165) is 13.1 Å². The first kappa shape index (κ1) is 8.68. The number of β-amino-alcohol motifs (C(OH)–C–C–N with tert-alkyl or cyclic N) is 1. The van der Waals surface area contributed by atoms with Crippen LogP contribution >= 0.6 is 0 Å². The Kier molecular flexibility index (Phi) is 2.62. The number of aliphatic hydroxyl groups is 1. The SMILES string of the molecule is CC(=O)CC(C)N1CC(O)C1. The van der Waals surface area contributed by atoms with E-state index in [2.05, 4.69) is 4.90 Å². The van der Waals surface area contributed by atoms with E-state index in [1.54, 1.807) is 6.92 Å². The van der Waals surface area contributed by atoms with Crippen molar-refractivity contribution < 1.29 is 9.90 Å². The predicted molar refractivity (Wildman–Crippen MR) is 42.3 cm³/mol. The van der Waals surface area contributed by atoms with Crippen LogP contribution in [-0.2, 0) is 4.79 Å². The molecule has 1 aliphatic rings. The molecule has 0 aliphatic carbocycles. The zero-order valence-electron chi connectivity index (χ0n) is 7.08. The summed E-state index contributed by atoms with van der Waals surface area (Å²) < 4.78 is 0. The van der Waals surface area contributed by atoms with Gasteiger partial charge in [-0.2, -0.15) is 0 Å². The maximum absolute atomic E-state index is 10.7. The molecule has 0 radical (unpaired) electrons. The highest BCUT2D eigenvalue weighted by Crippen LogP contribution is 2.13. The van der Waals surface area contributed by atoms with E-state index in [-0.39, 0.29) is 11.9 Å². The van der Waals surface area contributed by atoms with E-state index >= 15 is 0 Å². The number of carbonyl (C=O) groups is 1. The highest BCUT2D eigenvalue weighted by molar-refractivity contribution is 5.76. The number of hydrogen-bond acceptors (Lipinski definition) is 3. The molecule has 1 rings (SSSR count). The molecule has 1 unspecified atom stereocenters. The monoisotopic (exact) mass is 157 g/mol. The van der Waals surface area contributed by atoms with Gasteiger partial charge < -0.3 is 5.11 Å². The molecule has 1 heterocycles. The second kappa shape index (κ2) is 3.32. The Balaban J connectivity index is 2.21. The quantitative estimate of drug-likeness (QED) is 0.628. The topological polar surface area (TPSA) is 40.5 Å². The van der Waals surface area contributed by atoms with Crippen molar-refractivity contribution in [3.05, 3.63) is 0 Å². The summed E-state index contributed by atoms with van der Waals surface area (Å²) in [5, 5.41) is 8.97. The van der Waals surface area contributed by atoms with Crippen LogP contribution in [0.3, 0.4) is 0 Å². The van der Waals surface area contributed by atoms with Crippen molar-refractivity contribution in [1.82, 2.24) is 4.90 Å². The summed E-state index contributed by atoms with van der Waals surface area (Å²) in [6, 6.07) is 0.302. The van der Waals surface area contributed by atoms with Crippen molar-refractivity contribution in [3.8, 4) is 0 Å². The Hall–Kier alpha value is -0.410. The average Bonchev–Trinajstić information content (AvgIpc) is 1.79. The van der Waals surface area contributed by atoms with Crippen LogP contribution in [0.15, 0.2) is 0 Å². The van der Waals surface area contributed by atoms with Crippen LogP contribution in [0.5, 0.6) is 0 Å². The van der Waals surface area contributed by atoms with Crippen molar-refractivity contribution in [2.75, 3.05) is 13.1 Å². The van der Waals surface area contributed by atoms with Gasteiger partial charge in [-0.1, -0.05) is 0 Å². The summed E-state index contributed by atoms with van der Waals surface area (Å²) >= 11 is 0. The largest absolute Gasteiger partial charge is 0.390 e. The van der Waals surface area contributed by atoms with Gasteiger partial charge in [0.05, 0.1) is 6.10 Å². The Bertz CT molecular complexity index is 152. The summed E-state index contributed by atoms with van der Waals surface area (Å²) in [6.45, 7) is 5.09. The fourth-order valence-corrected chi connectivity index (χ4v) is 1.39. The van der Waals surface area contributed by atoms with Gasteiger partial charge in [-0.25, -0.2) is 0 Å². The van der Waals surface area contributed by atoms with Crippen LogP contribution in [0.1, 0.15) is 20.3 Å². The summed E-state index contributed by atoms with van der Waals surface area (Å²) in [5.74, 6) is 0.221. The molecule has 0 aromatic carbocycles. The summed E-state index contributed by atoms with van der Waals surface area (Å²) in [7, 11) is 0. The molecule has 0 saturated carbocycles. The number of aliphatic hydroxyl groups excluding tert-OH is 1. The van der Waals surface area contributed by atoms with E-state index in [1.165, 1.54) is 0 Å². The van der Waals surface area contributed by atoms with Gasteiger partial charge in [0.15, 0.2) is 0 Å². The molecule has 1 N–H and O–H groups in total. The third-order valence-electron chi connectivity index (χ3n) is 2.10. The lowest BCUT2D eigenvalue weighted by molar-refractivity contribution is -0.119. The molecule has 0 spiro atoms. The maximum atomic E-state index is 10.7. The number of rotatable bonds is 3. The first-order valence-corrected chi connectivity index (χ1v) is 4.01. The minimum atomic E-state index is -0.163. The molecule has 64 valence electrons. The zero-order valence-corrected chi connectivity index (χ0v) is 7.08. The van der Waals surface area contributed by atoms with Crippen LogP contribution in [0.2, 0.25) is 0 Å². The van der Waals surface area contributed by atoms with Crippen molar-refractivity contribution in [2.24, 2.45) is 0 Å². The molecule has 3 nitrogen and oxygen atoms in total. The first-order chi connectivity index (χ1) is 5.09. The van der Waals surface area contributed by atoms with Crippen molar-refractivity contribution in [1.29, 1.82) is 0 Å². The van der Waals surface area contributed by atoms with Gasteiger partial charge in [-0.3, -0.25) is 9.69 Å². The minimum absolute atomic E-state index is 0.163. The number of Topliss-reactive ketones (excluding diaryl/α,β-unsaturated/α-hetero) is 1. The Morgan fingerprint density at radius 3 is 2.64 bits per heavy atom. The molecule has 1 atom stereocenters. The standard InChI is InChI=1S/C8H15NO2/c1-6(3-7(2)10)9-4-8(11)5-9/h6,8,11H,3-5H2,1-2H3. The van der Waals surface area contributed by atoms with E-state index in [9.17, 15) is 4.79 Å². The normalized spacial score (nSPS) is 22.8. The molecular weight excluding hydrogens is 142 g/mol. The highest BCUT2D eigenvalue weighted by atomic mass is 16.3. The molecule has 0 aromatic heterocycles. The summed E-state index contributed by atoms with van der Waals surface area (Å²) in [5.41, 5.74) is 0. The van der Waals surface area contributed by atoms with Crippen LogP contribution in [0, 0.1) is 0 Å². The second-order valence-electron chi connectivity index (χ2n) is 3.36. The van der Waals surface area contributed by atoms with E-state index in [0.29, 0.717) is 12.5 Å². The molecule has 0 aromatic rings. The number of nitrogens with zero attached hydrogens (tertiary/aromatic N) is 1. The maximum Gasteiger partial charge on any atom is 0.131 e. The van der Waals surface area contributed by atoms with Gasteiger partial charge in [0.1, 0.15) is 5.78 Å². The number of ketones is 1. The third kappa shape index (κ3) is 2.27. The molecule has 0 amide bonds. The van der Waals surface area contributed by atoms with Gasteiger partial charge in [-0.05, 0) is 13.8 Å². The van der Waals surface area contributed by atoms with Gasteiger partial charge >= 0.3 is 0 Å². The predicted octanol–water partition coefficient (Wildman–Crippen LogP) is 0.0305. The van der Waals surface area contributed by atoms with Gasteiger partial charge in [-0.15, -0.1) is 0 Å². The molecule has 1 fully saturated rings. The fourth-order valence-electron chi connectivity index (χ4n) is 1.39. The molecular formula is C8H15NO2. The number of carbonyl (C=O) groups excluding carboxylic acids is 1. The third-order valence-corrected chi connectivity index (χ3v) is 2.10. The van der Waals surface area contributed by atoms with Gasteiger partial charge in [0, 0.05) is 25.6 Å². The molecule has 0 bridgehead atoms. The van der Waals surface area contributed by atoms with Crippen molar-refractivity contribution >= 4 is 5.78 Å². The highest BCUT2D eigenvalue weighted by Gasteiger charge is 2.28. The lowest BCUT2D eigenvalue weighted by atomic mass is 10.1. The first-order valence-electron chi connectivity index (χ1n) is 4.01. The molecule has 1 aliphatic heterocycles. The second-order valence-corrected chi connectivity index (χ2v) is 3.36. The summed E-state index contributed by atoms with van der Waals surface area (Å²) in [6.07, 6.45) is 0.441. The van der Waals surface area contributed by atoms with E-state index < -0.39 is 0 Å². The van der Waals surface area contributed by atoms with Crippen molar-refractivity contribution in [3.63, 3.8) is 0 Å². The number of likely N-dealkylation sites (tertiary alicyclic amines) is 1. The van der Waals surface area contributed by atoms with Crippen molar-refractivity contribution in [2.45, 2.75) is 32.4 Å².